The number of hydrogen-bond donors (Lipinski definition) is 1. The fourth-order valence-electron chi connectivity index (χ4n) is 3.23. The minimum atomic E-state index is -0.583. The third kappa shape index (κ3) is 6.24. The summed E-state index contributed by atoms with van der Waals surface area (Å²) in [5.41, 5.74) is 2.07. The van der Waals surface area contributed by atoms with Gasteiger partial charge < -0.3 is 19.7 Å². The zero-order valence-electron chi connectivity index (χ0n) is 18.5. The second kappa shape index (κ2) is 11.2. The Labute approximate surface area is 179 Å². The number of ether oxygens (including phenoxy) is 2. The summed E-state index contributed by atoms with van der Waals surface area (Å²) in [6.45, 7) is 7.87. The molecule has 2 aromatic carbocycles. The largest absolute Gasteiger partial charge is 0.493 e. The van der Waals surface area contributed by atoms with Crippen LogP contribution in [0.5, 0.6) is 11.5 Å². The normalized spacial score (nSPS) is 11.7. The molecular formula is C24H32N2O4. The van der Waals surface area contributed by atoms with Crippen LogP contribution in [-0.2, 0) is 16.1 Å². The van der Waals surface area contributed by atoms with Gasteiger partial charge in [0.15, 0.2) is 18.1 Å². The summed E-state index contributed by atoms with van der Waals surface area (Å²) in [7, 11) is 1.55. The summed E-state index contributed by atoms with van der Waals surface area (Å²) in [6, 6.07) is 14.5. The molecule has 1 atom stereocenters. The molecule has 2 amide bonds. The number of methoxy groups -OCH3 is 1. The van der Waals surface area contributed by atoms with E-state index in [-0.39, 0.29) is 24.5 Å². The summed E-state index contributed by atoms with van der Waals surface area (Å²) in [4.78, 5) is 27.6. The molecule has 6 nitrogen and oxygen atoms in total. The molecule has 0 aliphatic heterocycles. The molecule has 0 saturated heterocycles. The topological polar surface area (TPSA) is 67.9 Å². The molecule has 162 valence electrons. The van der Waals surface area contributed by atoms with Crippen LogP contribution >= 0.6 is 0 Å². The van der Waals surface area contributed by atoms with Gasteiger partial charge in [0.25, 0.3) is 5.91 Å². The molecule has 0 bridgehead atoms. The molecule has 0 radical (unpaired) electrons. The summed E-state index contributed by atoms with van der Waals surface area (Å²) >= 11 is 0. The van der Waals surface area contributed by atoms with Crippen LogP contribution in [0, 0.1) is 6.92 Å². The molecular weight excluding hydrogens is 380 g/mol. The zero-order chi connectivity index (χ0) is 22.1. The summed E-state index contributed by atoms with van der Waals surface area (Å²) in [6.07, 6.45) is 0.505. The van der Waals surface area contributed by atoms with Crippen molar-refractivity contribution in [2.24, 2.45) is 0 Å². The standard InChI is InChI=1S/C24H32N2O4/c1-6-20(24(28)25-17(2)3)26(15-19-12-8-7-11-18(19)4)23(27)16-30-22-14-10-9-13-21(22)29-5/h7-14,17,20H,6,15-16H2,1-5H3,(H,25,28)/t20-/m0/s1. The molecule has 0 fully saturated rings. The Hall–Kier alpha value is -3.02. The van der Waals surface area contributed by atoms with E-state index in [9.17, 15) is 9.59 Å². The Bertz CT molecular complexity index is 851. The molecule has 0 aliphatic rings. The maximum atomic E-state index is 13.2. The molecule has 0 aromatic heterocycles. The maximum Gasteiger partial charge on any atom is 0.261 e. The highest BCUT2D eigenvalue weighted by atomic mass is 16.5. The Morgan fingerprint density at radius 1 is 1.03 bits per heavy atom. The molecule has 0 spiro atoms. The van der Waals surface area contributed by atoms with Crippen LogP contribution in [0.1, 0.15) is 38.3 Å². The van der Waals surface area contributed by atoms with Crippen molar-refractivity contribution < 1.29 is 19.1 Å². The lowest BCUT2D eigenvalue weighted by Crippen LogP contribution is -2.51. The summed E-state index contributed by atoms with van der Waals surface area (Å²) in [5, 5.41) is 2.93. The van der Waals surface area contributed by atoms with E-state index in [0.29, 0.717) is 24.5 Å². The van der Waals surface area contributed by atoms with Crippen LogP contribution in [0.15, 0.2) is 48.5 Å². The van der Waals surface area contributed by atoms with Gasteiger partial charge in [0.1, 0.15) is 6.04 Å². The van der Waals surface area contributed by atoms with Crippen molar-refractivity contribution in [2.45, 2.75) is 52.7 Å². The van der Waals surface area contributed by atoms with E-state index in [0.717, 1.165) is 11.1 Å². The van der Waals surface area contributed by atoms with Crippen LogP contribution in [0.25, 0.3) is 0 Å². The first-order valence-electron chi connectivity index (χ1n) is 10.3. The van der Waals surface area contributed by atoms with Crippen LogP contribution < -0.4 is 14.8 Å². The molecule has 0 heterocycles. The number of amides is 2. The van der Waals surface area contributed by atoms with Gasteiger partial charge in [0.05, 0.1) is 7.11 Å². The van der Waals surface area contributed by atoms with Gasteiger partial charge in [-0.3, -0.25) is 9.59 Å². The van der Waals surface area contributed by atoms with Gasteiger partial charge in [0, 0.05) is 12.6 Å². The molecule has 2 rings (SSSR count). The van der Waals surface area contributed by atoms with Gasteiger partial charge in [-0.05, 0) is 50.5 Å². The van der Waals surface area contributed by atoms with Crippen LogP contribution in [-0.4, -0.2) is 42.5 Å². The van der Waals surface area contributed by atoms with Gasteiger partial charge in [-0.25, -0.2) is 0 Å². The molecule has 30 heavy (non-hydrogen) atoms. The molecule has 0 unspecified atom stereocenters. The first kappa shape index (κ1) is 23.3. The number of nitrogens with zero attached hydrogens (tertiary/aromatic N) is 1. The second-order valence-electron chi connectivity index (χ2n) is 7.47. The fourth-order valence-corrected chi connectivity index (χ4v) is 3.23. The van der Waals surface area contributed by atoms with Gasteiger partial charge in [-0.2, -0.15) is 0 Å². The van der Waals surface area contributed by atoms with Gasteiger partial charge in [-0.15, -0.1) is 0 Å². The van der Waals surface area contributed by atoms with E-state index < -0.39 is 6.04 Å². The van der Waals surface area contributed by atoms with Crippen molar-refractivity contribution in [3.05, 3.63) is 59.7 Å². The van der Waals surface area contributed by atoms with E-state index in [2.05, 4.69) is 5.32 Å². The average molecular weight is 413 g/mol. The predicted molar refractivity (Wildman–Crippen MR) is 118 cm³/mol. The maximum absolute atomic E-state index is 13.2. The van der Waals surface area contributed by atoms with Crippen LogP contribution in [0.2, 0.25) is 0 Å². The van der Waals surface area contributed by atoms with E-state index in [1.54, 1.807) is 24.1 Å². The highest BCUT2D eigenvalue weighted by molar-refractivity contribution is 5.88. The highest BCUT2D eigenvalue weighted by Gasteiger charge is 2.29. The monoisotopic (exact) mass is 412 g/mol. The van der Waals surface area contributed by atoms with E-state index in [4.69, 9.17) is 9.47 Å². The van der Waals surface area contributed by atoms with Crippen molar-refractivity contribution in [1.82, 2.24) is 10.2 Å². The number of nitrogens with one attached hydrogen (secondary N) is 1. The molecule has 6 heteroatoms. The lowest BCUT2D eigenvalue weighted by atomic mass is 10.1. The summed E-state index contributed by atoms with van der Waals surface area (Å²) < 4.78 is 11.0. The molecule has 1 N–H and O–H groups in total. The Morgan fingerprint density at radius 3 is 2.27 bits per heavy atom. The quantitative estimate of drug-likeness (QED) is 0.646. The molecule has 0 saturated carbocycles. The fraction of sp³-hybridized carbons (Fsp3) is 0.417. The summed E-state index contributed by atoms with van der Waals surface area (Å²) in [5.74, 6) is 0.630. The average Bonchev–Trinajstić information content (AvgIpc) is 2.72. The van der Waals surface area contributed by atoms with Gasteiger partial charge in [0.2, 0.25) is 5.91 Å². The number of carbonyl (C=O) groups is 2. The number of aryl methyl sites for hydroxylation is 1. The van der Waals surface area contributed by atoms with E-state index in [1.165, 1.54) is 0 Å². The minimum absolute atomic E-state index is 0.00760. The SMILES string of the molecule is CC[C@@H](C(=O)NC(C)C)N(Cc1ccccc1C)C(=O)COc1ccccc1OC. The number of carbonyl (C=O) groups excluding carboxylic acids is 2. The van der Waals surface area contributed by atoms with Crippen molar-refractivity contribution in [1.29, 1.82) is 0 Å². The minimum Gasteiger partial charge on any atom is -0.493 e. The Morgan fingerprint density at radius 2 is 1.67 bits per heavy atom. The Kier molecular flexibility index (Phi) is 8.71. The third-order valence-corrected chi connectivity index (χ3v) is 4.84. The smallest absolute Gasteiger partial charge is 0.261 e. The zero-order valence-corrected chi connectivity index (χ0v) is 18.5. The number of hydrogen-bond acceptors (Lipinski definition) is 4. The van der Waals surface area contributed by atoms with Crippen molar-refractivity contribution in [2.75, 3.05) is 13.7 Å². The number of para-hydroxylation sites is 2. The lowest BCUT2D eigenvalue weighted by molar-refractivity contribution is -0.143. The number of rotatable bonds is 10. The second-order valence-corrected chi connectivity index (χ2v) is 7.47. The Balaban J connectivity index is 2.25. The van der Waals surface area contributed by atoms with E-state index >= 15 is 0 Å². The number of benzene rings is 2. The molecule has 0 aliphatic carbocycles. The third-order valence-electron chi connectivity index (χ3n) is 4.84. The van der Waals surface area contributed by atoms with Gasteiger partial charge >= 0.3 is 0 Å². The first-order valence-corrected chi connectivity index (χ1v) is 10.3. The highest BCUT2D eigenvalue weighted by Crippen LogP contribution is 2.26. The lowest BCUT2D eigenvalue weighted by Gasteiger charge is -2.31. The van der Waals surface area contributed by atoms with Crippen molar-refractivity contribution in [3.63, 3.8) is 0 Å². The van der Waals surface area contributed by atoms with Crippen LogP contribution in [0.3, 0.4) is 0 Å². The molecule has 2 aromatic rings. The predicted octanol–water partition coefficient (Wildman–Crippen LogP) is 3.71. The van der Waals surface area contributed by atoms with Crippen molar-refractivity contribution in [3.8, 4) is 11.5 Å². The first-order chi connectivity index (χ1) is 14.4. The van der Waals surface area contributed by atoms with Crippen molar-refractivity contribution >= 4 is 11.8 Å². The van der Waals surface area contributed by atoms with E-state index in [1.807, 2.05) is 64.1 Å². The van der Waals surface area contributed by atoms with Gasteiger partial charge in [-0.1, -0.05) is 43.3 Å². The van der Waals surface area contributed by atoms with Crippen LogP contribution in [0.4, 0.5) is 0 Å².